The van der Waals surface area contributed by atoms with Crippen LogP contribution in [0.4, 0.5) is 0 Å². The minimum atomic E-state index is -1.87. The minimum Gasteiger partial charge on any atom is -0.493 e. The van der Waals surface area contributed by atoms with Crippen molar-refractivity contribution in [2.75, 3.05) is 0 Å². The molecule has 2 aliphatic rings. The highest BCUT2D eigenvalue weighted by atomic mass is 16.6. The van der Waals surface area contributed by atoms with Gasteiger partial charge in [-0.1, -0.05) is 48.5 Å². The normalized spacial score (nSPS) is 33.4. The first-order valence-electron chi connectivity index (χ1n) is 14.7. The van der Waals surface area contributed by atoms with E-state index in [-0.39, 0.29) is 29.0 Å². The average Bonchev–Trinajstić information content (AvgIpc) is 2.94. The summed E-state index contributed by atoms with van der Waals surface area (Å²) in [5.74, 6) is -4.14. The van der Waals surface area contributed by atoms with Gasteiger partial charge in [0.1, 0.15) is 29.2 Å². The molecule has 0 spiro atoms. The molecule has 224 valence electrons. The lowest BCUT2D eigenvalue weighted by atomic mass is 9.72. The summed E-state index contributed by atoms with van der Waals surface area (Å²) in [6.45, 7) is 19.5. The summed E-state index contributed by atoms with van der Waals surface area (Å²) in [6, 6.07) is 0. The molecule has 0 aromatic carbocycles. The van der Waals surface area contributed by atoms with Crippen LogP contribution in [0.1, 0.15) is 110 Å². The summed E-state index contributed by atoms with van der Waals surface area (Å²) in [7, 11) is 0. The Hall–Kier alpha value is -2.29. The molecule has 2 aliphatic heterocycles. The molecule has 8 nitrogen and oxygen atoms in total. The molecule has 1 aromatic rings. The van der Waals surface area contributed by atoms with Gasteiger partial charge in [-0.3, -0.25) is 14.4 Å². The van der Waals surface area contributed by atoms with Crippen molar-refractivity contribution in [2.45, 2.75) is 125 Å². The Bertz CT molecular complexity index is 1230. The number of aliphatic hydroxyl groups is 2. The summed E-state index contributed by atoms with van der Waals surface area (Å²) in [5.41, 5.74) is 1.06. The highest BCUT2D eigenvalue weighted by molar-refractivity contribution is 5.98. The first-order chi connectivity index (χ1) is 18.5. The fourth-order valence-corrected chi connectivity index (χ4v) is 6.64. The second kappa shape index (κ2) is 11.9. The van der Waals surface area contributed by atoms with Crippen LogP contribution in [0, 0.1) is 37.5 Å². The van der Waals surface area contributed by atoms with Crippen molar-refractivity contribution in [2.24, 2.45) is 23.7 Å². The monoisotopic (exact) mass is 560 g/mol. The van der Waals surface area contributed by atoms with Crippen molar-refractivity contribution in [3.05, 3.63) is 44.2 Å². The summed E-state index contributed by atoms with van der Waals surface area (Å²) in [6.07, 6.45) is -1.05. The third kappa shape index (κ3) is 5.23. The summed E-state index contributed by atoms with van der Waals surface area (Å²) >= 11 is 0. The van der Waals surface area contributed by atoms with Gasteiger partial charge in [0.05, 0.1) is 30.0 Å². The van der Waals surface area contributed by atoms with Gasteiger partial charge in [-0.25, -0.2) is 0 Å². The predicted octanol–water partition coefficient (Wildman–Crippen LogP) is 5.09. The van der Waals surface area contributed by atoms with Gasteiger partial charge in [-0.15, -0.1) is 0 Å². The highest BCUT2D eigenvalue weighted by Crippen LogP contribution is 2.48. The fourth-order valence-electron chi connectivity index (χ4n) is 6.64. The molecule has 0 amide bonds. The Balaban J connectivity index is 2.08. The molecule has 2 unspecified atom stereocenters. The van der Waals surface area contributed by atoms with Gasteiger partial charge in [0.15, 0.2) is 17.0 Å². The average molecular weight is 561 g/mol. The lowest BCUT2D eigenvalue weighted by Gasteiger charge is -2.52. The highest BCUT2D eigenvalue weighted by Gasteiger charge is 2.56. The third-order valence-electron chi connectivity index (χ3n) is 9.72. The van der Waals surface area contributed by atoms with Crippen molar-refractivity contribution in [3.8, 4) is 0 Å². The van der Waals surface area contributed by atoms with E-state index >= 15 is 0 Å². The molecule has 1 saturated heterocycles. The van der Waals surface area contributed by atoms with Gasteiger partial charge >= 0.3 is 0 Å². The second-order valence-electron chi connectivity index (χ2n) is 12.1. The number of carbonyl (C=O) groups is 2. The fraction of sp³-hybridized carbons (Fsp3) is 0.719. The lowest BCUT2D eigenvalue weighted by molar-refractivity contribution is -0.340. The second-order valence-corrected chi connectivity index (χ2v) is 12.1. The van der Waals surface area contributed by atoms with Crippen LogP contribution in [-0.2, 0) is 19.1 Å². The van der Waals surface area contributed by atoms with Crippen molar-refractivity contribution < 1.29 is 33.7 Å². The number of hydrogen-bond acceptors (Lipinski definition) is 8. The zero-order valence-corrected chi connectivity index (χ0v) is 26.0. The molecule has 8 heteroatoms. The number of aliphatic hydroxyl groups excluding tert-OH is 1. The molecule has 1 aromatic heterocycles. The largest absolute Gasteiger partial charge is 0.493 e. The first-order valence-corrected chi connectivity index (χ1v) is 14.7. The SMILES string of the molecule is CCC(=O)[C@H](C)c1oc([C@H](C)[C@@H]2O[C@](O)([C@@H](C)C3=C(C)C(=O)C(C)C(CC)O3)[C@@H](C)[C@@H](O)[C@H]2C)c(C)c(=O)c1C. The molecular weight excluding hydrogens is 512 g/mol. The van der Waals surface area contributed by atoms with Crippen LogP contribution in [0.25, 0.3) is 0 Å². The Labute approximate surface area is 238 Å². The quantitative estimate of drug-likeness (QED) is 0.451. The smallest absolute Gasteiger partial charge is 0.191 e. The van der Waals surface area contributed by atoms with E-state index in [0.29, 0.717) is 46.8 Å². The standard InChI is InChI=1S/C32H48O8/c1-12-23(33)14(3)28-16(5)26(35)17(6)29(39-28)20(9)30-19(8)27(36)21(10)32(37,40-30)22(11)31-18(7)25(34)15(4)24(13-2)38-31/h14-15,19-22,24,27,30,36-37H,12-13H2,1-11H3/t14-,15?,19+,20-,21-,22-,24?,27-,30+,32-/m0/s1. The number of Topliss-reactive ketones (excluding diaryl/α,β-unsaturated/α-hetero) is 2. The minimum absolute atomic E-state index is 0.0221. The maximum Gasteiger partial charge on any atom is 0.191 e. The van der Waals surface area contributed by atoms with Crippen LogP contribution in [0.2, 0.25) is 0 Å². The molecule has 0 saturated carbocycles. The predicted molar refractivity (Wildman–Crippen MR) is 152 cm³/mol. The zero-order valence-electron chi connectivity index (χ0n) is 26.0. The van der Waals surface area contributed by atoms with E-state index < -0.39 is 47.6 Å². The lowest BCUT2D eigenvalue weighted by Crippen LogP contribution is -2.61. The van der Waals surface area contributed by atoms with Crippen LogP contribution in [0.5, 0.6) is 0 Å². The number of ketones is 2. The van der Waals surface area contributed by atoms with E-state index in [1.165, 1.54) is 0 Å². The Morgan fingerprint density at radius 3 is 2.12 bits per heavy atom. The molecular formula is C32H48O8. The summed E-state index contributed by atoms with van der Waals surface area (Å²) in [5, 5.41) is 23.5. The van der Waals surface area contributed by atoms with Crippen molar-refractivity contribution >= 4 is 11.6 Å². The molecule has 2 N–H and O–H groups in total. The van der Waals surface area contributed by atoms with Gasteiger partial charge < -0.3 is 24.1 Å². The van der Waals surface area contributed by atoms with Gasteiger partial charge in [-0.2, -0.15) is 0 Å². The Morgan fingerprint density at radius 2 is 1.57 bits per heavy atom. The molecule has 40 heavy (non-hydrogen) atoms. The van der Waals surface area contributed by atoms with E-state index in [4.69, 9.17) is 13.9 Å². The van der Waals surface area contributed by atoms with E-state index in [1.807, 2.05) is 27.7 Å². The molecule has 0 radical (unpaired) electrons. The molecule has 0 bridgehead atoms. The summed E-state index contributed by atoms with van der Waals surface area (Å²) < 4.78 is 19.1. The van der Waals surface area contributed by atoms with E-state index in [1.54, 1.807) is 48.5 Å². The number of ether oxygens (including phenoxy) is 2. The maximum atomic E-state index is 13.2. The van der Waals surface area contributed by atoms with Crippen molar-refractivity contribution in [1.29, 1.82) is 0 Å². The van der Waals surface area contributed by atoms with Crippen LogP contribution >= 0.6 is 0 Å². The Kier molecular flexibility index (Phi) is 9.59. The summed E-state index contributed by atoms with van der Waals surface area (Å²) in [4.78, 5) is 38.8. The van der Waals surface area contributed by atoms with Gasteiger partial charge in [0.2, 0.25) is 0 Å². The van der Waals surface area contributed by atoms with Crippen LogP contribution in [0.3, 0.4) is 0 Å². The van der Waals surface area contributed by atoms with Crippen molar-refractivity contribution in [3.63, 3.8) is 0 Å². The van der Waals surface area contributed by atoms with Gasteiger partial charge in [0, 0.05) is 40.9 Å². The van der Waals surface area contributed by atoms with Crippen LogP contribution in [-0.4, -0.2) is 45.9 Å². The Morgan fingerprint density at radius 1 is 1.00 bits per heavy atom. The molecule has 3 rings (SSSR count). The molecule has 10 atom stereocenters. The van der Waals surface area contributed by atoms with Gasteiger partial charge in [-0.05, 0) is 34.1 Å². The first kappa shape index (κ1) is 32.2. The van der Waals surface area contributed by atoms with Crippen LogP contribution < -0.4 is 5.43 Å². The zero-order chi connectivity index (χ0) is 30.4. The van der Waals surface area contributed by atoms with E-state index in [0.717, 1.165) is 0 Å². The van der Waals surface area contributed by atoms with Gasteiger partial charge in [0.25, 0.3) is 0 Å². The number of rotatable bonds is 8. The van der Waals surface area contributed by atoms with E-state index in [2.05, 4.69) is 0 Å². The third-order valence-corrected chi connectivity index (χ3v) is 9.72. The number of allylic oxidation sites excluding steroid dienone is 1. The van der Waals surface area contributed by atoms with Crippen LogP contribution in [0.15, 0.2) is 20.5 Å². The molecule has 3 heterocycles. The molecule has 1 fully saturated rings. The van der Waals surface area contributed by atoms with Crippen molar-refractivity contribution in [1.82, 2.24) is 0 Å². The van der Waals surface area contributed by atoms with E-state index in [9.17, 15) is 24.6 Å². The number of carbonyl (C=O) groups excluding carboxylic acids is 2. The molecule has 0 aliphatic carbocycles. The topological polar surface area (TPSA) is 123 Å². The maximum absolute atomic E-state index is 13.2. The number of hydrogen-bond donors (Lipinski definition) is 2.